The molecule has 0 radical (unpaired) electrons. The summed E-state index contributed by atoms with van der Waals surface area (Å²) in [5.41, 5.74) is 2.11. The van der Waals surface area contributed by atoms with Crippen molar-refractivity contribution >= 4 is 39.4 Å². The number of carbonyl (C=O) groups is 2. The second-order valence-electron chi connectivity index (χ2n) is 6.22. The zero-order chi connectivity index (χ0) is 21.3. The molecule has 0 bridgehead atoms. The van der Waals surface area contributed by atoms with E-state index in [0.29, 0.717) is 22.3 Å². The molecule has 3 heterocycles. The Bertz CT molecular complexity index is 1250. The maximum absolute atomic E-state index is 13.3. The molecule has 0 aliphatic carbocycles. The second kappa shape index (κ2) is 7.99. The monoisotopic (exact) mass is 426 g/mol. The molecule has 8 nitrogen and oxygen atoms in total. The summed E-state index contributed by atoms with van der Waals surface area (Å²) in [6.07, 6.45) is 0. The van der Waals surface area contributed by atoms with E-state index in [1.54, 1.807) is 32.0 Å². The molecule has 0 saturated carbocycles. The molecule has 4 rings (SSSR count). The summed E-state index contributed by atoms with van der Waals surface area (Å²) in [6, 6.07) is 7.30. The molecule has 0 atom stereocenters. The fourth-order valence-corrected chi connectivity index (χ4v) is 3.51. The highest BCUT2D eigenvalue weighted by molar-refractivity contribution is 7.14. The Balaban J connectivity index is 1.70. The van der Waals surface area contributed by atoms with Crippen LogP contribution in [-0.4, -0.2) is 33.6 Å². The number of thiazole rings is 1. The van der Waals surface area contributed by atoms with Gasteiger partial charge in [0.1, 0.15) is 5.82 Å². The number of carbonyl (C=O) groups excluding carboxylic acids is 2. The molecular weight excluding hydrogens is 411 g/mol. The first-order chi connectivity index (χ1) is 14.5. The predicted octanol–water partition coefficient (Wildman–Crippen LogP) is 4.22. The standard InChI is InChI=1S/C20H15FN4O4S/c1-3-28-19(27)15-9-30-20(23-15)24-17(26)13-8-14(11-4-6-12(21)7-5-11)22-18-16(13)10(2)25-29-18/h4-9H,3H2,1-2H3,(H,23,24,26). The lowest BCUT2D eigenvalue weighted by Crippen LogP contribution is -2.13. The first-order valence-electron chi connectivity index (χ1n) is 8.93. The molecule has 1 amide bonds. The molecule has 0 saturated heterocycles. The van der Waals surface area contributed by atoms with Crippen LogP contribution in [0.2, 0.25) is 0 Å². The maximum atomic E-state index is 13.3. The molecule has 0 unspecified atom stereocenters. The lowest BCUT2D eigenvalue weighted by atomic mass is 10.1. The van der Waals surface area contributed by atoms with Gasteiger partial charge in [0.05, 0.1) is 28.9 Å². The van der Waals surface area contributed by atoms with Gasteiger partial charge in [0.15, 0.2) is 10.8 Å². The van der Waals surface area contributed by atoms with E-state index < -0.39 is 11.9 Å². The van der Waals surface area contributed by atoms with Gasteiger partial charge in [-0.2, -0.15) is 0 Å². The number of anilines is 1. The minimum Gasteiger partial charge on any atom is -0.461 e. The SMILES string of the molecule is CCOC(=O)c1csc(NC(=O)c2cc(-c3ccc(F)cc3)nc3onc(C)c23)n1. The van der Waals surface area contributed by atoms with Crippen LogP contribution >= 0.6 is 11.3 Å². The topological polar surface area (TPSA) is 107 Å². The highest BCUT2D eigenvalue weighted by Crippen LogP contribution is 2.28. The van der Waals surface area contributed by atoms with Crippen LogP contribution in [0.5, 0.6) is 0 Å². The van der Waals surface area contributed by atoms with Gasteiger partial charge in [0.25, 0.3) is 11.6 Å². The van der Waals surface area contributed by atoms with Crippen LogP contribution in [0.4, 0.5) is 9.52 Å². The fourth-order valence-electron chi connectivity index (χ4n) is 2.84. The van der Waals surface area contributed by atoms with E-state index in [0.717, 1.165) is 11.3 Å². The Labute approximate surface area is 173 Å². The normalized spacial score (nSPS) is 10.9. The molecule has 30 heavy (non-hydrogen) atoms. The Morgan fingerprint density at radius 3 is 2.73 bits per heavy atom. The van der Waals surface area contributed by atoms with E-state index in [1.807, 2.05) is 0 Å². The van der Waals surface area contributed by atoms with Gasteiger partial charge in [-0.15, -0.1) is 11.3 Å². The van der Waals surface area contributed by atoms with Crippen LogP contribution in [0.15, 0.2) is 40.2 Å². The highest BCUT2D eigenvalue weighted by atomic mass is 32.1. The lowest BCUT2D eigenvalue weighted by molar-refractivity contribution is 0.0520. The van der Waals surface area contributed by atoms with Crippen molar-refractivity contribution in [3.63, 3.8) is 0 Å². The summed E-state index contributed by atoms with van der Waals surface area (Å²) in [6.45, 7) is 3.62. The van der Waals surface area contributed by atoms with Crippen molar-refractivity contribution in [1.29, 1.82) is 0 Å². The van der Waals surface area contributed by atoms with Gasteiger partial charge in [-0.25, -0.2) is 19.2 Å². The summed E-state index contributed by atoms with van der Waals surface area (Å²) in [5, 5.41) is 8.77. The summed E-state index contributed by atoms with van der Waals surface area (Å²) in [7, 11) is 0. The molecule has 152 valence electrons. The number of benzene rings is 1. The Morgan fingerprint density at radius 2 is 2.00 bits per heavy atom. The van der Waals surface area contributed by atoms with E-state index in [2.05, 4.69) is 20.4 Å². The van der Waals surface area contributed by atoms with Crippen LogP contribution in [-0.2, 0) is 4.74 Å². The summed E-state index contributed by atoms with van der Waals surface area (Å²) in [4.78, 5) is 33.3. The summed E-state index contributed by atoms with van der Waals surface area (Å²) < 4.78 is 23.4. The van der Waals surface area contributed by atoms with Crippen LogP contribution < -0.4 is 5.32 Å². The number of fused-ring (bicyclic) bond motifs is 1. The Kier molecular flexibility index (Phi) is 5.23. The Morgan fingerprint density at radius 1 is 1.23 bits per heavy atom. The van der Waals surface area contributed by atoms with Gasteiger partial charge >= 0.3 is 5.97 Å². The number of amides is 1. The first-order valence-corrected chi connectivity index (χ1v) is 9.81. The smallest absolute Gasteiger partial charge is 0.357 e. The number of aryl methyl sites for hydroxylation is 1. The number of ether oxygens (including phenoxy) is 1. The minimum absolute atomic E-state index is 0.116. The second-order valence-corrected chi connectivity index (χ2v) is 7.08. The van der Waals surface area contributed by atoms with Gasteiger partial charge in [-0.1, -0.05) is 5.16 Å². The largest absolute Gasteiger partial charge is 0.461 e. The van der Waals surface area contributed by atoms with Gasteiger partial charge in [0.2, 0.25) is 0 Å². The molecule has 3 aromatic heterocycles. The molecular formula is C20H15FN4O4S. The fraction of sp³-hybridized carbons (Fsp3) is 0.150. The minimum atomic E-state index is -0.561. The third-order valence-electron chi connectivity index (χ3n) is 4.21. The maximum Gasteiger partial charge on any atom is 0.357 e. The van der Waals surface area contributed by atoms with Crippen molar-refractivity contribution in [2.24, 2.45) is 0 Å². The molecule has 4 aromatic rings. The third-order valence-corrected chi connectivity index (χ3v) is 4.97. The van der Waals surface area contributed by atoms with E-state index in [4.69, 9.17) is 9.26 Å². The van der Waals surface area contributed by atoms with Gasteiger partial charge in [-0.3, -0.25) is 10.1 Å². The predicted molar refractivity (Wildman–Crippen MR) is 108 cm³/mol. The van der Waals surface area contributed by atoms with Crippen molar-refractivity contribution in [2.75, 3.05) is 11.9 Å². The number of pyridine rings is 1. The molecule has 1 N–H and O–H groups in total. The zero-order valence-corrected chi connectivity index (χ0v) is 16.7. The van der Waals surface area contributed by atoms with Crippen molar-refractivity contribution in [3.05, 3.63) is 58.5 Å². The average Bonchev–Trinajstić information content (AvgIpc) is 3.35. The molecule has 0 fully saturated rings. The van der Waals surface area contributed by atoms with Crippen molar-refractivity contribution in [1.82, 2.24) is 15.1 Å². The van der Waals surface area contributed by atoms with E-state index in [9.17, 15) is 14.0 Å². The number of nitrogens with one attached hydrogen (secondary N) is 1. The number of rotatable bonds is 5. The van der Waals surface area contributed by atoms with E-state index in [1.165, 1.54) is 17.5 Å². The number of esters is 1. The molecule has 10 heteroatoms. The number of nitrogens with zero attached hydrogens (tertiary/aromatic N) is 3. The van der Waals surface area contributed by atoms with Gasteiger partial charge < -0.3 is 9.26 Å². The van der Waals surface area contributed by atoms with Crippen LogP contribution in [0.25, 0.3) is 22.4 Å². The molecule has 0 aliphatic rings. The molecule has 0 aliphatic heterocycles. The first kappa shape index (κ1) is 19.6. The molecule has 1 aromatic carbocycles. The van der Waals surface area contributed by atoms with Crippen molar-refractivity contribution in [2.45, 2.75) is 13.8 Å². The Hall–Kier alpha value is -3.66. The van der Waals surface area contributed by atoms with Crippen LogP contribution in [0, 0.1) is 12.7 Å². The number of halogens is 1. The van der Waals surface area contributed by atoms with Crippen molar-refractivity contribution < 1.29 is 23.2 Å². The number of hydrogen-bond donors (Lipinski definition) is 1. The van der Waals surface area contributed by atoms with Gasteiger partial charge in [-0.05, 0) is 44.2 Å². The molecule has 0 spiro atoms. The van der Waals surface area contributed by atoms with Crippen LogP contribution in [0.1, 0.15) is 33.5 Å². The van der Waals surface area contributed by atoms with Crippen molar-refractivity contribution in [3.8, 4) is 11.3 Å². The number of aromatic nitrogens is 3. The number of hydrogen-bond acceptors (Lipinski definition) is 8. The average molecular weight is 426 g/mol. The summed E-state index contributed by atoms with van der Waals surface area (Å²) in [5.74, 6) is -1.41. The highest BCUT2D eigenvalue weighted by Gasteiger charge is 2.21. The van der Waals surface area contributed by atoms with Gasteiger partial charge in [0, 0.05) is 10.9 Å². The van der Waals surface area contributed by atoms with Crippen LogP contribution in [0.3, 0.4) is 0 Å². The summed E-state index contributed by atoms with van der Waals surface area (Å²) >= 11 is 1.10. The zero-order valence-electron chi connectivity index (χ0n) is 15.9. The lowest BCUT2D eigenvalue weighted by Gasteiger charge is -2.07. The third kappa shape index (κ3) is 3.77. The van der Waals surface area contributed by atoms with E-state index in [-0.39, 0.29) is 34.5 Å². The van der Waals surface area contributed by atoms with E-state index >= 15 is 0 Å². The quantitative estimate of drug-likeness (QED) is 0.476.